The first-order valence-corrected chi connectivity index (χ1v) is 10.7. The van der Waals surface area contributed by atoms with Crippen LogP contribution in [0.3, 0.4) is 0 Å². The molecule has 2 aromatic carbocycles. The standard InChI is InChI=1S/C21H25N3O3S/c1-3-13-22-28(26,27)19-11-9-18(10-12-19)21(25)24-15-14-23(2)16-20(24)17-7-5-4-6-8-17/h3-12,20,22H,1,13-16H2,2H3. The molecule has 1 amide bonds. The lowest BCUT2D eigenvalue weighted by molar-refractivity contribution is 0.0498. The van der Waals surface area contributed by atoms with Gasteiger partial charge in [0, 0.05) is 31.7 Å². The van der Waals surface area contributed by atoms with Crippen molar-refractivity contribution in [2.75, 3.05) is 33.2 Å². The summed E-state index contributed by atoms with van der Waals surface area (Å²) in [6, 6.07) is 16.0. The zero-order valence-corrected chi connectivity index (χ0v) is 16.7. The van der Waals surface area contributed by atoms with Crippen LogP contribution in [0.5, 0.6) is 0 Å². The minimum atomic E-state index is -3.60. The molecule has 0 bridgehead atoms. The van der Waals surface area contributed by atoms with Crippen molar-refractivity contribution < 1.29 is 13.2 Å². The maximum Gasteiger partial charge on any atom is 0.254 e. The van der Waals surface area contributed by atoms with Crippen LogP contribution < -0.4 is 4.72 Å². The Bertz CT molecular complexity index is 927. The molecule has 1 N–H and O–H groups in total. The molecule has 7 heteroatoms. The number of carbonyl (C=O) groups is 1. The van der Waals surface area contributed by atoms with Crippen molar-refractivity contribution in [3.63, 3.8) is 0 Å². The molecule has 0 aromatic heterocycles. The molecular formula is C21H25N3O3S. The van der Waals surface area contributed by atoms with Gasteiger partial charge in [0.15, 0.2) is 0 Å². The molecule has 0 spiro atoms. The van der Waals surface area contributed by atoms with Crippen LogP contribution >= 0.6 is 0 Å². The summed E-state index contributed by atoms with van der Waals surface area (Å²) in [7, 11) is -1.55. The van der Waals surface area contributed by atoms with E-state index in [1.54, 1.807) is 12.1 Å². The molecule has 1 unspecified atom stereocenters. The summed E-state index contributed by atoms with van der Waals surface area (Å²) in [6.07, 6.45) is 1.48. The Morgan fingerprint density at radius 1 is 1.14 bits per heavy atom. The second-order valence-corrected chi connectivity index (χ2v) is 8.62. The Kier molecular flexibility index (Phi) is 6.28. The Morgan fingerprint density at radius 3 is 2.46 bits per heavy atom. The summed E-state index contributed by atoms with van der Waals surface area (Å²) in [5.41, 5.74) is 1.57. The molecule has 1 fully saturated rings. The van der Waals surface area contributed by atoms with Crippen molar-refractivity contribution in [1.82, 2.24) is 14.5 Å². The van der Waals surface area contributed by atoms with Gasteiger partial charge >= 0.3 is 0 Å². The fraction of sp³-hybridized carbons (Fsp3) is 0.286. The van der Waals surface area contributed by atoms with E-state index in [0.29, 0.717) is 12.1 Å². The van der Waals surface area contributed by atoms with E-state index in [-0.39, 0.29) is 23.4 Å². The summed E-state index contributed by atoms with van der Waals surface area (Å²) >= 11 is 0. The number of sulfonamides is 1. The Morgan fingerprint density at radius 2 is 1.82 bits per heavy atom. The largest absolute Gasteiger partial charge is 0.329 e. The number of amides is 1. The van der Waals surface area contributed by atoms with Gasteiger partial charge in [-0.05, 0) is 36.9 Å². The van der Waals surface area contributed by atoms with Crippen molar-refractivity contribution >= 4 is 15.9 Å². The van der Waals surface area contributed by atoms with E-state index in [9.17, 15) is 13.2 Å². The average Bonchev–Trinajstić information content (AvgIpc) is 2.72. The van der Waals surface area contributed by atoms with Crippen LogP contribution in [0.1, 0.15) is 22.0 Å². The fourth-order valence-corrected chi connectivity index (χ4v) is 4.32. The summed E-state index contributed by atoms with van der Waals surface area (Å²) in [5, 5.41) is 0. The number of nitrogens with zero attached hydrogens (tertiary/aromatic N) is 2. The quantitative estimate of drug-likeness (QED) is 0.757. The van der Waals surface area contributed by atoms with Gasteiger partial charge in [0.05, 0.1) is 10.9 Å². The van der Waals surface area contributed by atoms with E-state index in [4.69, 9.17) is 0 Å². The molecule has 0 radical (unpaired) electrons. The van der Waals surface area contributed by atoms with Gasteiger partial charge in [0.25, 0.3) is 5.91 Å². The van der Waals surface area contributed by atoms with E-state index in [1.165, 1.54) is 18.2 Å². The van der Waals surface area contributed by atoms with Crippen molar-refractivity contribution in [2.24, 2.45) is 0 Å². The Hall–Kier alpha value is -2.48. The van der Waals surface area contributed by atoms with Crippen LogP contribution in [-0.2, 0) is 10.0 Å². The van der Waals surface area contributed by atoms with Gasteiger partial charge < -0.3 is 9.80 Å². The van der Waals surface area contributed by atoms with Gasteiger partial charge in [-0.3, -0.25) is 4.79 Å². The van der Waals surface area contributed by atoms with Crippen LogP contribution in [-0.4, -0.2) is 57.4 Å². The van der Waals surface area contributed by atoms with Gasteiger partial charge in [-0.25, -0.2) is 13.1 Å². The molecule has 1 heterocycles. The van der Waals surface area contributed by atoms with Crippen molar-refractivity contribution in [2.45, 2.75) is 10.9 Å². The Balaban J connectivity index is 1.83. The monoisotopic (exact) mass is 399 g/mol. The number of hydrogen-bond acceptors (Lipinski definition) is 4. The molecular weight excluding hydrogens is 374 g/mol. The average molecular weight is 400 g/mol. The minimum Gasteiger partial charge on any atom is -0.329 e. The number of benzene rings is 2. The van der Waals surface area contributed by atoms with E-state index in [2.05, 4.69) is 16.2 Å². The van der Waals surface area contributed by atoms with Crippen LogP contribution in [0.2, 0.25) is 0 Å². The molecule has 6 nitrogen and oxygen atoms in total. The highest BCUT2D eigenvalue weighted by molar-refractivity contribution is 7.89. The molecule has 0 saturated carbocycles. The molecule has 1 saturated heterocycles. The van der Waals surface area contributed by atoms with Gasteiger partial charge in [-0.15, -0.1) is 6.58 Å². The summed E-state index contributed by atoms with van der Waals surface area (Å²) < 4.78 is 26.8. The third kappa shape index (κ3) is 4.49. The maximum absolute atomic E-state index is 13.2. The van der Waals surface area contributed by atoms with Crippen LogP contribution in [0, 0.1) is 0 Å². The van der Waals surface area contributed by atoms with Gasteiger partial charge in [-0.1, -0.05) is 36.4 Å². The van der Waals surface area contributed by atoms with Crippen LogP contribution in [0.15, 0.2) is 72.1 Å². The second-order valence-electron chi connectivity index (χ2n) is 6.85. The number of carbonyl (C=O) groups excluding carboxylic acids is 1. The first-order valence-electron chi connectivity index (χ1n) is 9.17. The molecule has 0 aliphatic carbocycles. The minimum absolute atomic E-state index is 0.0369. The Labute approximate surface area is 166 Å². The number of rotatable bonds is 6. The van der Waals surface area contributed by atoms with Gasteiger partial charge in [0.2, 0.25) is 10.0 Å². The van der Waals surface area contributed by atoms with Crippen molar-refractivity contribution in [1.29, 1.82) is 0 Å². The molecule has 3 rings (SSSR count). The molecule has 1 aliphatic heterocycles. The fourth-order valence-electron chi connectivity index (χ4n) is 3.32. The zero-order valence-electron chi connectivity index (χ0n) is 15.9. The zero-order chi connectivity index (χ0) is 20.1. The summed E-state index contributed by atoms with van der Waals surface area (Å²) in [5.74, 6) is -0.0926. The first-order chi connectivity index (χ1) is 13.4. The number of hydrogen-bond donors (Lipinski definition) is 1. The number of nitrogens with one attached hydrogen (secondary N) is 1. The van der Waals surface area contributed by atoms with Crippen LogP contribution in [0.4, 0.5) is 0 Å². The van der Waals surface area contributed by atoms with Gasteiger partial charge in [-0.2, -0.15) is 0 Å². The lowest BCUT2D eigenvalue weighted by Gasteiger charge is -2.40. The highest BCUT2D eigenvalue weighted by Gasteiger charge is 2.30. The number of likely N-dealkylation sites (N-methyl/N-ethyl adjacent to an activating group) is 1. The predicted octanol–water partition coefficient (Wildman–Crippen LogP) is 2.28. The smallest absolute Gasteiger partial charge is 0.254 e. The first kappa shape index (κ1) is 20.3. The number of piperazine rings is 1. The molecule has 148 valence electrons. The van der Waals surface area contributed by atoms with E-state index < -0.39 is 10.0 Å². The molecule has 1 aliphatic rings. The molecule has 2 aromatic rings. The highest BCUT2D eigenvalue weighted by atomic mass is 32.2. The summed E-state index contributed by atoms with van der Waals surface area (Å²) in [6.45, 7) is 5.84. The predicted molar refractivity (Wildman–Crippen MR) is 110 cm³/mol. The molecule has 1 atom stereocenters. The third-order valence-corrected chi connectivity index (χ3v) is 6.30. The van der Waals surface area contributed by atoms with Gasteiger partial charge in [0.1, 0.15) is 0 Å². The topological polar surface area (TPSA) is 69.7 Å². The van der Waals surface area contributed by atoms with Crippen LogP contribution in [0.25, 0.3) is 0 Å². The molecule has 28 heavy (non-hydrogen) atoms. The summed E-state index contributed by atoms with van der Waals surface area (Å²) in [4.78, 5) is 17.4. The van der Waals surface area contributed by atoms with E-state index in [1.807, 2.05) is 42.3 Å². The maximum atomic E-state index is 13.2. The second kappa shape index (κ2) is 8.68. The van der Waals surface area contributed by atoms with E-state index >= 15 is 0 Å². The lowest BCUT2D eigenvalue weighted by Crippen LogP contribution is -2.49. The normalized spacial score (nSPS) is 18.0. The lowest BCUT2D eigenvalue weighted by atomic mass is 10.0. The van der Waals surface area contributed by atoms with Crippen molar-refractivity contribution in [3.8, 4) is 0 Å². The highest BCUT2D eigenvalue weighted by Crippen LogP contribution is 2.26. The van der Waals surface area contributed by atoms with E-state index in [0.717, 1.165) is 18.7 Å². The SMILES string of the molecule is C=CCNS(=O)(=O)c1ccc(C(=O)N2CCN(C)CC2c2ccccc2)cc1. The third-order valence-electron chi connectivity index (χ3n) is 4.86. The van der Waals surface area contributed by atoms with Crippen molar-refractivity contribution in [3.05, 3.63) is 78.4 Å².